The summed E-state index contributed by atoms with van der Waals surface area (Å²) in [6.07, 6.45) is 4.23. The van der Waals surface area contributed by atoms with Crippen molar-refractivity contribution in [2.24, 2.45) is 0 Å². The van der Waals surface area contributed by atoms with Crippen molar-refractivity contribution in [3.63, 3.8) is 0 Å². The zero-order valence-corrected chi connectivity index (χ0v) is 26.1. The molecule has 2 aromatic rings. The van der Waals surface area contributed by atoms with E-state index in [2.05, 4.69) is 30.2 Å². The monoisotopic (exact) mass is 569 g/mol. The number of alkyl carbamates (subject to hydrolysis) is 1. The molecular formula is C32H47N3O4S. The molecule has 0 aliphatic carbocycles. The van der Waals surface area contributed by atoms with Gasteiger partial charge in [0.05, 0.1) is 0 Å². The molecule has 0 radical (unpaired) electrons. The highest BCUT2D eigenvalue weighted by Crippen LogP contribution is 2.29. The molecule has 2 aromatic carbocycles. The number of aryl methyl sites for hydroxylation is 3. The molecule has 2 N–H and O–H groups in total. The zero-order valence-electron chi connectivity index (χ0n) is 25.2. The van der Waals surface area contributed by atoms with E-state index in [1.54, 1.807) is 25.7 Å². The lowest BCUT2D eigenvalue weighted by molar-refractivity contribution is -0.140. The highest BCUT2D eigenvalue weighted by Gasteiger charge is 2.36. The molecular weight excluding hydrogens is 522 g/mol. The number of amides is 3. The van der Waals surface area contributed by atoms with E-state index >= 15 is 0 Å². The Morgan fingerprint density at radius 3 is 2.23 bits per heavy atom. The lowest BCUT2D eigenvalue weighted by atomic mass is 9.96. The van der Waals surface area contributed by atoms with Gasteiger partial charge in [-0.15, -0.1) is 0 Å². The number of anilines is 1. The Bertz CT molecular complexity index is 1150. The Balaban J connectivity index is 2.52. The predicted octanol–water partition coefficient (Wildman–Crippen LogP) is 6.91. The van der Waals surface area contributed by atoms with Gasteiger partial charge in [0.15, 0.2) is 0 Å². The minimum absolute atomic E-state index is 0.0590. The Morgan fingerprint density at radius 2 is 1.62 bits per heavy atom. The molecule has 8 heteroatoms. The minimum atomic E-state index is -0.964. The van der Waals surface area contributed by atoms with Crippen molar-refractivity contribution in [1.29, 1.82) is 0 Å². The van der Waals surface area contributed by atoms with Gasteiger partial charge in [-0.05, 0) is 70.7 Å². The number of ether oxygens (including phenoxy) is 1. The number of hydrogen-bond donors (Lipinski definition) is 3. The topological polar surface area (TPSA) is 87.7 Å². The van der Waals surface area contributed by atoms with E-state index in [1.165, 1.54) is 0 Å². The Labute approximate surface area is 245 Å². The van der Waals surface area contributed by atoms with Crippen LogP contribution in [0.2, 0.25) is 0 Å². The fourth-order valence-corrected chi connectivity index (χ4v) is 4.83. The van der Waals surface area contributed by atoms with E-state index in [9.17, 15) is 14.4 Å². The van der Waals surface area contributed by atoms with Crippen molar-refractivity contribution in [3.05, 3.63) is 64.7 Å². The standard InChI is InChI=1S/C32H47N3O4S/c1-8-9-10-11-14-19-35(30(37)27(21-40)34-31(38)39-32(5,6)7)28(25-18-17-22(2)20-24(25)4)29(36)33-26-16-13-12-15-23(26)3/h12-13,15-18,20,27-28,40H,8-11,14,19,21H2,1-7H3,(H,33,36)(H,34,38). The van der Waals surface area contributed by atoms with Crippen LogP contribution in [0, 0.1) is 20.8 Å². The SMILES string of the molecule is CCCCCCCN(C(=O)C(CS)NC(=O)OC(C)(C)C)C(C(=O)Nc1ccccc1C)c1ccc(C)cc1C. The lowest BCUT2D eigenvalue weighted by Gasteiger charge is -2.35. The third-order valence-electron chi connectivity index (χ3n) is 6.64. The van der Waals surface area contributed by atoms with Gasteiger partial charge in [0.25, 0.3) is 5.91 Å². The maximum Gasteiger partial charge on any atom is 0.408 e. The molecule has 0 aliphatic rings. The van der Waals surface area contributed by atoms with E-state index in [0.29, 0.717) is 12.2 Å². The zero-order chi connectivity index (χ0) is 29.9. The summed E-state index contributed by atoms with van der Waals surface area (Å²) in [6, 6.07) is 11.6. The molecule has 2 unspecified atom stereocenters. The third kappa shape index (κ3) is 10.2. The van der Waals surface area contributed by atoms with Crippen LogP contribution >= 0.6 is 12.6 Å². The van der Waals surface area contributed by atoms with Crippen LogP contribution < -0.4 is 10.6 Å². The molecule has 0 bridgehead atoms. The largest absolute Gasteiger partial charge is 0.444 e. The fraction of sp³-hybridized carbons (Fsp3) is 0.531. The Hall–Kier alpha value is -3.00. The van der Waals surface area contributed by atoms with Crippen LogP contribution in [-0.2, 0) is 14.3 Å². The van der Waals surface area contributed by atoms with Crippen molar-refractivity contribution in [2.45, 2.75) is 98.3 Å². The molecule has 0 aliphatic heterocycles. The summed E-state index contributed by atoms with van der Waals surface area (Å²) in [5.74, 6) is -0.622. The molecule has 2 atom stereocenters. The van der Waals surface area contributed by atoms with E-state index in [1.807, 2.05) is 63.2 Å². The van der Waals surface area contributed by atoms with Gasteiger partial charge in [-0.25, -0.2) is 4.79 Å². The van der Waals surface area contributed by atoms with Crippen LogP contribution in [-0.4, -0.2) is 46.7 Å². The number of hydrogen-bond acceptors (Lipinski definition) is 5. The molecule has 220 valence electrons. The van der Waals surface area contributed by atoms with Crippen LogP contribution in [0.3, 0.4) is 0 Å². The fourth-order valence-electron chi connectivity index (χ4n) is 4.59. The van der Waals surface area contributed by atoms with Crippen LogP contribution in [0.15, 0.2) is 42.5 Å². The second kappa shape index (κ2) is 15.7. The highest BCUT2D eigenvalue weighted by molar-refractivity contribution is 7.80. The van der Waals surface area contributed by atoms with Crippen LogP contribution in [0.4, 0.5) is 10.5 Å². The van der Waals surface area contributed by atoms with Gasteiger partial charge >= 0.3 is 6.09 Å². The van der Waals surface area contributed by atoms with Gasteiger partial charge < -0.3 is 20.3 Å². The number of benzene rings is 2. The van der Waals surface area contributed by atoms with E-state index in [0.717, 1.165) is 54.4 Å². The summed E-state index contributed by atoms with van der Waals surface area (Å²) in [4.78, 5) is 42.4. The van der Waals surface area contributed by atoms with Crippen LogP contribution in [0.1, 0.15) is 88.1 Å². The van der Waals surface area contributed by atoms with Crippen molar-refractivity contribution >= 4 is 36.2 Å². The summed E-state index contributed by atoms with van der Waals surface area (Å²) >= 11 is 4.39. The molecule has 0 saturated heterocycles. The number of nitrogens with zero attached hydrogens (tertiary/aromatic N) is 1. The van der Waals surface area contributed by atoms with E-state index in [-0.39, 0.29) is 17.6 Å². The molecule has 7 nitrogen and oxygen atoms in total. The molecule has 40 heavy (non-hydrogen) atoms. The molecule has 3 amide bonds. The predicted molar refractivity (Wildman–Crippen MR) is 166 cm³/mol. The number of carbonyl (C=O) groups excluding carboxylic acids is 3. The van der Waals surface area contributed by atoms with E-state index in [4.69, 9.17) is 4.74 Å². The van der Waals surface area contributed by atoms with Gasteiger partial charge in [-0.2, -0.15) is 12.6 Å². The minimum Gasteiger partial charge on any atom is -0.444 e. The van der Waals surface area contributed by atoms with Gasteiger partial charge in [-0.1, -0.05) is 74.6 Å². The third-order valence-corrected chi connectivity index (χ3v) is 7.01. The van der Waals surface area contributed by atoms with Crippen molar-refractivity contribution in [1.82, 2.24) is 10.2 Å². The Morgan fingerprint density at radius 1 is 0.950 bits per heavy atom. The van der Waals surface area contributed by atoms with Gasteiger partial charge in [-0.3, -0.25) is 9.59 Å². The number of thiol groups is 1. The van der Waals surface area contributed by atoms with Gasteiger partial charge in [0.1, 0.15) is 17.7 Å². The second-order valence-electron chi connectivity index (χ2n) is 11.4. The number of para-hydroxylation sites is 1. The first-order valence-corrected chi connectivity index (χ1v) is 14.9. The summed E-state index contributed by atoms with van der Waals surface area (Å²) < 4.78 is 5.41. The van der Waals surface area contributed by atoms with Gasteiger partial charge in [0.2, 0.25) is 5.91 Å². The molecule has 0 fully saturated rings. The normalized spacial score (nSPS) is 12.8. The second-order valence-corrected chi connectivity index (χ2v) is 11.8. The highest BCUT2D eigenvalue weighted by atomic mass is 32.1. The summed E-state index contributed by atoms with van der Waals surface area (Å²) in [7, 11) is 0. The summed E-state index contributed by atoms with van der Waals surface area (Å²) in [5.41, 5.74) is 3.62. The molecule has 0 spiro atoms. The van der Waals surface area contributed by atoms with Crippen LogP contribution in [0.25, 0.3) is 0 Å². The first-order valence-electron chi connectivity index (χ1n) is 14.2. The van der Waals surface area contributed by atoms with Crippen LogP contribution in [0.5, 0.6) is 0 Å². The Kier molecular flexibility index (Phi) is 13.0. The van der Waals surface area contributed by atoms with Crippen molar-refractivity contribution < 1.29 is 19.1 Å². The summed E-state index contributed by atoms with van der Waals surface area (Å²) in [5, 5.41) is 5.74. The maximum atomic E-state index is 14.1. The first kappa shape index (κ1) is 33.2. The number of carbonyl (C=O) groups is 3. The number of rotatable bonds is 13. The van der Waals surface area contributed by atoms with E-state index < -0.39 is 23.8 Å². The summed E-state index contributed by atoms with van der Waals surface area (Å²) in [6.45, 7) is 13.7. The molecule has 0 saturated carbocycles. The quantitative estimate of drug-likeness (QED) is 0.181. The average Bonchev–Trinajstić information content (AvgIpc) is 2.87. The molecule has 2 rings (SSSR count). The first-order chi connectivity index (χ1) is 18.9. The molecule has 0 heterocycles. The lowest BCUT2D eigenvalue weighted by Crippen LogP contribution is -2.53. The maximum absolute atomic E-state index is 14.1. The van der Waals surface area contributed by atoms with Crippen molar-refractivity contribution in [3.8, 4) is 0 Å². The van der Waals surface area contributed by atoms with Crippen molar-refractivity contribution in [2.75, 3.05) is 17.6 Å². The number of nitrogens with one attached hydrogen (secondary N) is 2. The average molecular weight is 570 g/mol. The smallest absolute Gasteiger partial charge is 0.408 e. The number of unbranched alkanes of at least 4 members (excludes halogenated alkanes) is 4. The molecule has 0 aromatic heterocycles. The van der Waals surface area contributed by atoms with Gasteiger partial charge in [0, 0.05) is 18.0 Å².